The summed E-state index contributed by atoms with van der Waals surface area (Å²) in [5, 5.41) is 5.66. The average molecular weight is 239 g/mol. The lowest BCUT2D eigenvalue weighted by Crippen LogP contribution is -1.89. The maximum Gasteiger partial charge on any atom is 0.0695 e. The van der Waals surface area contributed by atoms with Crippen molar-refractivity contribution in [2.45, 2.75) is 13.8 Å². The molecule has 0 spiro atoms. The molecule has 0 bridgehead atoms. The molecule has 0 aliphatic rings. The van der Waals surface area contributed by atoms with Gasteiger partial charge in [0.05, 0.1) is 11.2 Å². The highest BCUT2D eigenvalue weighted by Gasteiger charge is 2.07. The van der Waals surface area contributed by atoms with Crippen LogP contribution in [0, 0.1) is 13.8 Å². The number of nitrogens with zero attached hydrogens (tertiary/aromatic N) is 2. The molecular weight excluding hydrogens is 228 g/mol. The first-order chi connectivity index (χ1) is 6.09. The van der Waals surface area contributed by atoms with E-state index in [1.165, 1.54) is 16.5 Å². The molecule has 13 heavy (non-hydrogen) atoms. The highest BCUT2D eigenvalue weighted by molar-refractivity contribution is 9.10. The molecule has 0 aliphatic carbocycles. The van der Waals surface area contributed by atoms with E-state index < -0.39 is 0 Å². The molecule has 3 heteroatoms. The fourth-order valence-electron chi connectivity index (χ4n) is 1.78. The van der Waals surface area contributed by atoms with E-state index >= 15 is 0 Å². The van der Waals surface area contributed by atoms with Gasteiger partial charge < -0.3 is 0 Å². The van der Waals surface area contributed by atoms with Crippen LogP contribution in [0.25, 0.3) is 10.9 Å². The number of fused-ring (bicyclic) bond motifs is 1. The Labute approximate surface area is 85.7 Å². The Balaban J connectivity index is 2.97. The van der Waals surface area contributed by atoms with E-state index in [1.807, 2.05) is 18.7 Å². The van der Waals surface area contributed by atoms with Gasteiger partial charge in [0.15, 0.2) is 0 Å². The molecule has 0 unspecified atom stereocenters. The van der Waals surface area contributed by atoms with Crippen molar-refractivity contribution in [2.24, 2.45) is 7.05 Å². The number of aromatic nitrogens is 2. The smallest absolute Gasteiger partial charge is 0.0695 e. The van der Waals surface area contributed by atoms with Gasteiger partial charge in [-0.2, -0.15) is 5.10 Å². The summed E-state index contributed by atoms with van der Waals surface area (Å²) in [6, 6.07) is 4.22. The van der Waals surface area contributed by atoms with Gasteiger partial charge in [-0.1, -0.05) is 15.9 Å². The van der Waals surface area contributed by atoms with Crippen LogP contribution in [-0.4, -0.2) is 9.78 Å². The van der Waals surface area contributed by atoms with Gasteiger partial charge in [0.1, 0.15) is 0 Å². The first kappa shape index (κ1) is 8.75. The van der Waals surface area contributed by atoms with Crippen LogP contribution < -0.4 is 0 Å². The number of benzene rings is 1. The Morgan fingerprint density at radius 2 is 2.00 bits per heavy atom. The zero-order valence-electron chi connectivity index (χ0n) is 7.93. The Hall–Kier alpha value is -0.830. The molecule has 0 fully saturated rings. The van der Waals surface area contributed by atoms with Crippen molar-refractivity contribution < 1.29 is 0 Å². The second-order valence-electron chi connectivity index (χ2n) is 3.33. The largest absolute Gasteiger partial charge is 0.268 e. The van der Waals surface area contributed by atoms with Crippen molar-refractivity contribution in [1.29, 1.82) is 0 Å². The molecule has 1 aromatic heterocycles. The van der Waals surface area contributed by atoms with Crippen LogP contribution >= 0.6 is 15.9 Å². The standard InChI is InChI=1S/C10H11BrN2/c1-6-4-8(11)5-9-10(6)7(2)12-13(9)3/h4-5H,1-3H3. The van der Waals surface area contributed by atoms with Crippen molar-refractivity contribution in [2.75, 3.05) is 0 Å². The van der Waals surface area contributed by atoms with E-state index in [0.29, 0.717) is 0 Å². The van der Waals surface area contributed by atoms with Crippen molar-refractivity contribution >= 4 is 26.8 Å². The lowest BCUT2D eigenvalue weighted by Gasteiger charge is -1.99. The van der Waals surface area contributed by atoms with E-state index in [9.17, 15) is 0 Å². The molecule has 0 saturated heterocycles. The molecule has 2 nitrogen and oxygen atoms in total. The third kappa shape index (κ3) is 1.27. The summed E-state index contributed by atoms with van der Waals surface area (Å²) in [5.41, 5.74) is 3.56. The van der Waals surface area contributed by atoms with Crippen LogP contribution in [0.1, 0.15) is 11.3 Å². The van der Waals surface area contributed by atoms with Crippen LogP contribution in [-0.2, 0) is 7.05 Å². The maximum absolute atomic E-state index is 4.39. The summed E-state index contributed by atoms with van der Waals surface area (Å²) in [5.74, 6) is 0. The Kier molecular flexibility index (Phi) is 1.91. The van der Waals surface area contributed by atoms with E-state index in [2.05, 4.69) is 40.1 Å². The van der Waals surface area contributed by atoms with Crippen LogP contribution in [0.2, 0.25) is 0 Å². The summed E-state index contributed by atoms with van der Waals surface area (Å²) in [6.07, 6.45) is 0. The second kappa shape index (κ2) is 2.84. The molecule has 0 amide bonds. The van der Waals surface area contributed by atoms with Crippen molar-refractivity contribution in [3.8, 4) is 0 Å². The SMILES string of the molecule is Cc1cc(Br)cc2c1c(C)nn2C. The van der Waals surface area contributed by atoms with Crippen molar-refractivity contribution in [1.82, 2.24) is 9.78 Å². The molecule has 0 radical (unpaired) electrons. The van der Waals surface area contributed by atoms with Crippen molar-refractivity contribution in [3.63, 3.8) is 0 Å². The summed E-state index contributed by atoms with van der Waals surface area (Å²) < 4.78 is 3.03. The van der Waals surface area contributed by atoms with Crippen LogP contribution in [0.15, 0.2) is 16.6 Å². The maximum atomic E-state index is 4.39. The number of hydrogen-bond acceptors (Lipinski definition) is 1. The second-order valence-corrected chi connectivity index (χ2v) is 4.24. The monoisotopic (exact) mass is 238 g/mol. The fourth-order valence-corrected chi connectivity index (χ4v) is 2.34. The molecule has 2 aromatic rings. The van der Waals surface area contributed by atoms with Gasteiger partial charge in [-0.15, -0.1) is 0 Å². The highest BCUT2D eigenvalue weighted by atomic mass is 79.9. The number of rotatable bonds is 0. The van der Waals surface area contributed by atoms with Gasteiger partial charge in [0.25, 0.3) is 0 Å². The first-order valence-corrected chi connectivity index (χ1v) is 4.98. The topological polar surface area (TPSA) is 17.8 Å². The Bertz CT molecular complexity index is 471. The first-order valence-electron chi connectivity index (χ1n) is 4.19. The molecule has 1 aromatic carbocycles. The van der Waals surface area contributed by atoms with Gasteiger partial charge in [0, 0.05) is 16.9 Å². The summed E-state index contributed by atoms with van der Waals surface area (Å²) >= 11 is 3.49. The van der Waals surface area contributed by atoms with Crippen LogP contribution in [0.3, 0.4) is 0 Å². The van der Waals surface area contributed by atoms with Gasteiger partial charge in [-0.3, -0.25) is 4.68 Å². The molecule has 2 rings (SSSR count). The quantitative estimate of drug-likeness (QED) is 0.691. The zero-order chi connectivity index (χ0) is 9.59. The predicted molar refractivity (Wildman–Crippen MR) is 57.9 cm³/mol. The molecule has 0 aliphatic heterocycles. The van der Waals surface area contributed by atoms with Gasteiger partial charge >= 0.3 is 0 Å². The third-order valence-electron chi connectivity index (χ3n) is 2.29. The zero-order valence-corrected chi connectivity index (χ0v) is 9.51. The molecule has 0 N–H and O–H groups in total. The molecule has 1 heterocycles. The average Bonchev–Trinajstić information content (AvgIpc) is 2.27. The van der Waals surface area contributed by atoms with E-state index in [4.69, 9.17) is 0 Å². The molecule has 0 saturated carbocycles. The lowest BCUT2D eigenvalue weighted by atomic mass is 10.1. The summed E-state index contributed by atoms with van der Waals surface area (Å²) in [6.45, 7) is 4.16. The van der Waals surface area contributed by atoms with Crippen molar-refractivity contribution in [3.05, 3.63) is 27.9 Å². The van der Waals surface area contributed by atoms with Crippen LogP contribution in [0.4, 0.5) is 0 Å². The number of halogens is 1. The Morgan fingerprint density at radius 3 is 2.69 bits per heavy atom. The normalized spacial score (nSPS) is 11.1. The van der Waals surface area contributed by atoms with Gasteiger partial charge in [-0.05, 0) is 31.5 Å². The van der Waals surface area contributed by atoms with Gasteiger partial charge in [-0.25, -0.2) is 0 Å². The molecule has 68 valence electrons. The lowest BCUT2D eigenvalue weighted by molar-refractivity contribution is 0.783. The molecular formula is C10H11BrN2. The molecule has 0 atom stereocenters. The van der Waals surface area contributed by atoms with E-state index in [1.54, 1.807) is 0 Å². The minimum atomic E-state index is 1.10. The summed E-state index contributed by atoms with van der Waals surface area (Å²) in [4.78, 5) is 0. The number of hydrogen-bond donors (Lipinski definition) is 0. The highest BCUT2D eigenvalue weighted by Crippen LogP contribution is 2.25. The third-order valence-corrected chi connectivity index (χ3v) is 2.75. The fraction of sp³-hybridized carbons (Fsp3) is 0.300. The summed E-state index contributed by atoms with van der Waals surface area (Å²) in [7, 11) is 1.97. The Morgan fingerprint density at radius 1 is 1.31 bits per heavy atom. The van der Waals surface area contributed by atoms with Crippen LogP contribution in [0.5, 0.6) is 0 Å². The minimum Gasteiger partial charge on any atom is -0.268 e. The van der Waals surface area contributed by atoms with E-state index in [0.717, 1.165) is 10.2 Å². The van der Waals surface area contributed by atoms with E-state index in [-0.39, 0.29) is 0 Å². The number of aryl methyl sites for hydroxylation is 3. The minimum absolute atomic E-state index is 1.10. The predicted octanol–water partition coefficient (Wildman–Crippen LogP) is 2.95. The van der Waals surface area contributed by atoms with Gasteiger partial charge in [0.2, 0.25) is 0 Å².